The molecule has 2 heterocycles. The molecule has 4 aromatic rings. The Morgan fingerprint density at radius 1 is 0.868 bits per heavy atom. The summed E-state index contributed by atoms with van der Waals surface area (Å²) >= 11 is 0. The molecule has 188 valence electrons. The van der Waals surface area contributed by atoms with Crippen LogP contribution < -0.4 is 21.3 Å². The van der Waals surface area contributed by atoms with Gasteiger partial charge in [0.15, 0.2) is 5.78 Å². The Morgan fingerprint density at radius 3 is 2.29 bits per heavy atom. The van der Waals surface area contributed by atoms with Gasteiger partial charge in [0.25, 0.3) is 5.56 Å². The van der Waals surface area contributed by atoms with Gasteiger partial charge in [-0.25, -0.2) is 9.59 Å². The largest absolute Gasteiger partial charge is 0.423 e. The highest BCUT2D eigenvalue weighted by Gasteiger charge is 2.42. The Morgan fingerprint density at radius 2 is 1.58 bits per heavy atom. The molecule has 1 unspecified atom stereocenters. The molecule has 8 nitrogen and oxygen atoms in total. The predicted octanol–water partition coefficient (Wildman–Crippen LogP) is 3.78. The predicted molar refractivity (Wildman–Crippen MR) is 143 cm³/mol. The summed E-state index contributed by atoms with van der Waals surface area (Å²) < 4.78 is 7.99. The molecule has 2 aliphatic rings. The lowest BCUT2D eigenvalue weighted by molar-refractivity contribution is 0.0734. The summed E-state index contributed by atoms with van der Waals surface area (Å²) in [6.45, 7) is 1.90. The van der Waals surface area contributed by atoms with Gasteiger partial charge in [0.05, 0.1) is 16.8 Å². The summed E-state index contributed by atoms with van der Waals surface area (Å²) in [6, 6.07) is 21.1. The Balaban J connectivity index is 1.47. The molecule has 0 spiro atoms. The van der Waals surface area contributed by atoms with E-state index in [2.05, 4.69) is 5.32 Å². The van der Waals surface area contributed by atoms with Crippen molar-refractivity contribution in [3.63, 3.8) is 0 Å². The fraction of sp³-hybridized carbons (Fsp3) is 0.133. The van der Waals surface area contributed by atoms with Crippen molar-refractivity contribution >= 4 is 23.3 Å². The quantitative estimate of drug-likeness (QED) is 0.336. The molecule has 6 rings (SSSR count). The van der Waals surface area contributed by atoms with Crippen molar-refractivity contribution < 1.29 is 14.3 Å². The number of aryl methyl sites for hydroxylation is 1. The van der Waals surface area contributed by atoms with Crippen molar-refractivity contribution in [1.82, 2.24) is 9.13 Å². The van der Waals surface area contributed by atoms with Gasteiger partial charge in [-0.1, -0.05) is 54.1 Å². The molecule has 1 N–H and O–H groups in total. The Hall–Kier alpha value is -4.98. The lowest BCUT2D eigenvalue weighted by Gasteiger charge is -2.29. The van der Waals surface area contributed by atoms with Crippen molar-refractivity contribution in [2.24, 2.45) is 14.1 Å². The van der Waals surface area contributed by atoms with Crippen LogP contribution in [0, 0.1) is 6.92 Å². The summed E-state index contributed by atoms with van der Waals surface area (Å²) in [4.78, 5) is 52.4. The minimum absolute atomic E-state index is 0.176. The lowest BCUT2D eigenvalue weighted by Crippen LogP contribution is -2.42. The van der Waals surface area contributed by atoms with Gasteiger partial charge in [-0.2, -0.15) is 0 Å². The molecule has 0 bridgehead atoms. The third-order valence-electron chi connectivity index (χ3n) is 7.15. The van der Waals surface area contributed by atoms with Gasteiger partial charge in [0.2, 0.25) is 0 Å². The van der Waals surface area contributed by atoms with Gasteiger partial charge < -0.3 is 10.1 Å². The number of carbonyl (C=O) groups is 2. The zero-order valence-electron chi connectivity index (χ0n) is 20.9. The molecular formula is C30H23N3O5. The first kappa shape index (κ1) is 23.4. The van der Waals surface area contributed by atoms with Crippen LogP contribution in [-0.2, 0) is 14.1 Å². The Kier molecular flexibility index (Phi) is 5.27. The molecule has 8 heteroatoms. The second-order valence-corrected chi connectivity index (χ2v) is 9.52. The van der Waals surface area contributed by atoms with Gasteiger partial charge in [0.1, 0.15) is 11.6 Å². The standard InChI is InChI=1S/C30H23N3O5/c1-16-7-6-8-18(15-16)29(36)38-19-13-11-17(12-14-19)22-23-25(20-9-4-5-10-21(20)26(23)34)31-27-24(22)28(35)33(3)30(37)32(27)2/h4-15,22,31H,1-3H3. The Bertz CT molecular complexity index is 1830. The molecule has 0 amide bonds. The van der Waals surface area contributed by atoms with Crippen molar-refractivity contribution in [3.05, 3.63) is 133 Å². The molecule has 1 atom stereocenters. The molecule has 0 radical (unpaired) electrons. The number of rotatable bonds is 3. The number of hydrogen-bond acceptors (Lipinski definition) is 6. The summed E-state index contributed by atoms with van der Waals surface area (Å²) in [5.74, 6) is -0.707. The smallest absolute Gasteiger partial charge is 0.343 e. The normalized spacial score (nSPS) is 15.4. The van der Waals surface area contributed by atoms with Crippen LogP contribution in [-0.4, -0.2) is 20.9 Å². The van der Waals surface area contributed by atoms with E-state index in [-0.39, 0.29) is 5.78 Å². The summed E-state index contributed by atoms with van der Waals surface area (Å²) in [7, 11) is 3.01. The minimum Gasteiger partial charge on any atom is -0.423 e. The van der Waals surface area contributed by atoms with E-state index in [1.54, 1.807) is 61.6 Å². The van der Waals surface area contributed by atoms with Crippen LogP contribution in [0.25, 0.3) is 5.70 Å². The fourth-order valence-electron chi connectivity index (χ4n) is 5.26. The minimum atomic E-state index is -0.729. The third kappa shape index (κ3) is 3.45. The van der Waals surface area contributed by atoms with Gasteiger partial charge in [-0.15, -0.1) is 0 Å². The van der Waals surface area contributed by atoms with Crippen molar-refractivity contribution in [3.8, 4) is 5.75 Å². The average Bonchev–Trinajstić information content (AvgIpc) is 3.21. The number of anilines is 1. The Labute approximate surface area is 217 Å². The lowest BCUT2D eigenvalue weighted by atomic mass is 9.81. The summed E-state index contributed by atoms with van der Waals surface area (Å²) in [6.07, 6.45) is 0. The number of benzene rings is 3. The van der Waals surface area contributed by atoms with Gasteiger partial charge in [-0.05, 0) is 36.8 Å². The van der Waals surface area contributed by atoms with Crippen LogP contribution in [0.5, 0.6) is 5.75 Å². The molecular weight excluding hydrogens is 482 g/mol. The number of ether oxygens (including phenoxy) is 1. The number of ketones is 1. The van der Waals surface area contributed by atoms with Gasteiger partial charge in [-0.3, -0.25) is 18.7 Å². The van der Waals surface area contributed by atoms with Crippen molar-refractivity contribution in [1.29, 1.82) is 0 Å². The first-order chi connectivity index (χ1) is 18.3. The van der Waals surface area contributed by atoms with E-state index in [0.29, 0.717) is 45.1 Å². The number of carbonyl (C=O) groups excluding carboxylic acids is 2. The number of hydrogen-bond donors (Lipinski definition) is 1. The number of allylic oxidation sites excluding steroid dienone is 1. The monoisotopic (exact) mass is 505 g/mol. The molecule has 0 saturated carbocycles. The highest BCUT2D eigenvalue weighted by molar-refractivity contribution is 6.23. The SMILES string of the molecule is Cc1cccc(C(=O)Oc2ccc(C3C4=C(Nc5c3c(=O)n(C)c(=O)n5C)c3ccccc3C4=O)cc2)c1. The van der Waals surface area contributed by atoms with Crippen LogP contribution in [0.1, 0.15) is 48.9 Å². The second-order valence-electron chi connectivity index (χ2n) is 9.52. The van der Waals surface area contributed by atoms with E-state index in [1.807, 2.05) is 25.1 Å². The van der Waals surface area contributed by atoms with Crippen molar-refractivity contribution in [2.45, 2.75) is 12.8 Å². The van der Waals surface area contributed by atoms with Gasteiger partial charge >= 0.3 is 11.7 Å². The number of nitrogens with one attached hydrogen (secondary N) is 1. The fourth-order valence-corrected chi connectivity index (χ4v) is 5.26. The summed E-state index contributed by atoms with van der Waals surface area (Å²) in [5.41, 5.74) is 3.68. The van der Waals surface area contributed by atoms with Crippen LogP contribution in [0.15, 0.2) is 88.0 Å². The topological polar surface area (TPSA) is 99.4 Å². The number of aromatic nitrogens is 2. The first-order valence-corrected chi connectivity index (χ1v) is 12.1. The highest BCUT2D eigenvalue weighted by Crippen LogP contribution is 2.47. The molecule has 0 fully saturated rings. The molecule has 0 saturated heterocycles. The molecule has 1 aliphatic heterocycles. The van der Waals surface area contributed by atoms with Crippen LogP contribution in [0.3, 0.4) is 0 Å². The molecule has 3 aromatic carbocycles. The number of Topliss-reactive ketones (excluding diaryl/α,β-unsaturated/α-hetero) is 1. The maximum absolute atomic E-state index is 13.6. The van der Waals surface area contributed by atoms with E-state index in [9.17, 15) is 19.2 Å². The van der Waals surface area contributed by atoms with Crippen molar-refractivity contribution in [2.75, 3.05) is 5.32 Å². The van der Waals surface area contributed by atoms with Crippen LogP contribution in [0.4, 0.5) is 5.82 Å². The maximum atomic E-state index is 13.6. The zero-order chi connectivity index (χ0) is 26.7. The average molecular weight is 506 g/mol. The van der Waals surface area contributed by atoms with E-state index in [1.165, 1.54) is 11.6 Å². The molecule has 38 heavy (non-hydrogen) atoms. The van der Waals surface area contributed by atoms with Gasteiger partial charge in [0, 0.05) is 36.7 Å². The van der Waals surface area contributed by atoms with Crippen LogP contribution >= 0.6 is 0 Å². The molecule has 1 aliphatic carbocycles. The highest BCUT2D eigenvalue weighted by atomic mass is 16.5. The van der Waals surface area contributed by atoms with E-state index in [0.717, 1.165) is 15.7 Å². The molecule has 1 aromatic heterocycles. The second kappa shape index (κ2) is 8.55. The first-order valence-electron chi connectivity index (χ1n) is 12.1. The van der Waals surface area contributed by atoms with Crippen LogP contribution in [0.2, 0.25) is 0 Å². The number of fused-ring (bicyclic) bond motifs is 3. The third-order valence-corrected chi connectivity index (χ3v) is 7.15. The van der Waals surface area contributed by atoms with E-state index in [4.69, 9.17) is 4.74 Å². The number of esters is 1. The van der Waals surface area contributed by atoms with E-state index >= 15 is 0 Å². The number of nitrogens with zero attached hydrogens (tertiary/aromatic N) is 2. The van der Waals surface area contributed by atoms with E-state index < -0.39 is 23.1 Å². The zero-order valence-corrected chi connectivity index (χ0v) is 20.9. The maximum Gasteiger partial charge on any atom is 0.343 e. The summed E-state index contributed by atoms with van der Waals surface area (Å²) in [5, 5.41) is 3.22.